The number of nitrogens with zero attached hydrogens (tertiary/aromatic N) is 1. The molecule has 0 aliphatic carbocycles. The van der Waals surface area contributed by atoms with E-state index in [-0.39, 0.29) is 18.4 Å². The van der Waals surface area contributed by atoms with Crippen LogP contribution < -0.4 is 20.7 Å². The Kier molecular flexibility index (Phi) is 3.20. The molecule has 3 N–H and O–H groups in total. The summed E-state index contributed by atoms with van der Waals surface area (Å²) in [6.07, 6.45) is 0. The van der Waals surface area contributed by atoms with Gasteiger partial charge in [-0.2, -0.15) is 0 Å². The van der Waals surface area contributed by atoms with Crippen LogP contribution in [-0.4, -0.2) is 31.0 Å². The third-order valence-electron chi connectivity index (χ3n) is 2.89. The molecular formula is C13H17N3O3. The zero-order chi connectivity index (χ0) is 14.2. The molecule has 0 spiro atoms. The maximum absolute atomic E-state index is 11.8. The average Bonchev–Trinajstić information content (AvgIpc) is 2.33. The molecule has 6 nitrogen and oxygen atoms in total. The number of fused-ring (bicyclic) bond motifs is 1. The molecule has 0 aromatic heterocycles. The molecular weight excluding hydrogens is 246 g/mol. The molecule has 102 valence electrons. The molecule has 1 aromatic carbocycles. The molecule has 0 saturated carbocycles. The standard InChI is InChI=1S/C13H17N3O3/c1-13(2,14)12(18)15-8-4-5-10-9(6-8)16(3)11(17)7-19-10/h4-6H,7,14H2,1-3H3,(H,15,18). The number of carbonyl (C=O) groups excluding carboxylic acids is 2. The van der Waals surface area contributed by atoms with E-state index in [4.69, 9.17) is 10.5 Å². The molecule has 19 heavy (non-hydrogen) atoms. The maximum Gasteiger partial charge on any atom is 0.264 e. The Balaban J connectivity index is 2.26. The number of benzene rings is 1. The van der Waals surface area contributed by atoms with Crippen molar-refractivity contribution in [2.24, 2.45) is 5.73 Å². The second-order valence-corrected chi connectivity index (χ2v) is 5.10. The minimum atomic E-state index is -0.964. The summed E-state index contributed by atoms with van der Waals surface area (Å²) in [5, 5.41) is 2.71. The van der Waals surface area contributed by atoms with Crippen molar-refractivity contribution in [2.45, 2.75) is 19.4 Å². The normalized spacial score (nSPS) is 14.7. The number of likely N-dealkylation sites (N-methyl/N-ethyl adjacent to an activating group) is 1. The topological polar surface area (TPSA) is 84.7 Å². The molecule has 0 unspecified atom stereocenters. The SMILES string of the molecule is CN1C(=O)COc2ccc(NC(=O)C(C)(C)N)cc21. The first-order chi connectivity index (χ1) is 8.79. The highest BCUT2D eigenvalue weighted by molar-refractivity contribution is 6.00. The van der Waals surface area contributed by atoms with Crippen LogP contribution in [0.2, 0.25) is 0 Å². The maximum atomic E-state index is 11.8. The van der Waals surface area contributed by atoms with Gasteiger partial charge in [-0.1, -0.05) is 0 Å². The first-order valence-electron chi connectivity index (χ1n) is 5.93. The summed E-state index contributed by atoms with van der Waals surface area (Å²) in [4.78, 5) is 24.8. The van der Waals surface area contributed by atoms with Gasteiger partial charge in [0.15, 0.2) is 6.61 Å². The average molecular weight is 263 g/mol. The second kappa shape index (κ2) is 4.55. The number of nitrogens with one attached hydrogen (secondary N) is 1. The number of amides is 2. The molecule has 1 aliphatic heterocycles. The van der Waals surface area contributed by atoms with E-state index in [9.17, 15) is 9.59 Å². The van der Waals surface area contributed by atoms with Gasteiger partial charge < -0.3 is 20.7 Å². The van der Waals surface area contributed by atoms with Crippen molar-refractivity contribution in [3.63, 3.8) is 0 Å². The number of rotatable bonds is 2. The molecule has 0 bridgehead atoms. The van der Waals surface area contributed by atoms with Gasteiger partial charge in [-0.05, 0) is 32.0 Å². The fraction of sp³-hybridized carbons (Fsp3) is 0.385. The lowest BCUT2D eigenvalue weighted by Gasteiger charge is -2.26. The highest BCUT2D eigenvalue weighted by Crippen LogP contribution is 2.33. The van der Waals surface area contributed by atoms with E-state index in [0.717, 1.165) is 0 Å². The summed E-state index contributed by atoms with van der Waals surface area (Å²) >= 11 is 0. The molecule has 6 heteroatoms. The van der Waals surface area contributed by atoms with Gasteiger partial charge >= 0.3 is 0 Å². The molecule has 2 rings (SSSR count). The Hall–Kier alpha value is -2.08. The van der Waals surface area contributed by atoms with Gasteiger partial charge in [0.25, 0.3) is 5.91 Å². The molecule has 1 heterocycles. The number of ether oxygens (including phenoxy) is 1. The van der Waals surface area contributed by atoms with Crippen LogP contribution in [0.1, 0.15) is 13.8 Å². The quantitative estimate of drug-likeness (QED) is 0.823. The summed E-state index contributed by atoms with van der Waals surface area (Å²) < 4.78 is 5.30. The summed E-state index contributed by atoms with van der Waals surface area (Å²) in [6.45, 7) is 3.28. The van der Waals surface area contributed by atoms with E-state index in [2.05, 4.69) is 5.32 Å². The van der Waals surface area contributed by atoms with Gasteiger partial charge in [0.2, 0.25) is 5.91 Å². The van der Waals surface area contributed by atoms with Crippen LogP contribution in [0.25, 0.3) is 0 Å². The van der Waals surface area contributed by atoms with Crippen molar-refractivity contribution in [2.75, 3.05) is 23.9 Å². The van der Waals surface area contributed by atoms with E-state index in [1.54, 1.807) is 39.1 Å². The van der Waals surface area contributed by atoms with Crippen molar-refractivity contribution in [1.29, 1.82) is 0 Å². The van der Waals surface area contributed by atoms with Crippen molar-refractivity contribution in [1.82, 2.24) is 0 Å². The smallest absolute Gasteiger partial charge is 0.264 e. The van der Waals surface area contributed by atoms with E-state index in [0.29, 0.717) is 17.1 Å². The predicted molar refractivity (Wildman–Crippen MR) is 72.2 cm³/mol. The highest BCUT2D eigenvalue weighted by atomic mass is 16.5. The lowest BCUT2D eigenvalue weighted by atomic mass is 10.1. The van der Waals surface area contributed by atoms with Crippen LogP contribution in [-0.2, 0) is 9.59 Å². The van der Waals surface area contributed by atoms with Gasteiger partial charge in [-0.3, -0.25) is 9.59 Å². The van der Waals surface area contributed by atoms with E-state index < -0.39 is 5.54 Å². The van der Waals surface area contributed by atoms with E-state index >= 15 is 0 Å². The minimum absolute atomic E-state index is 0.0328. The number of hydrogen-bond acceptors (Lipinski definition) is 4. The molecule has 1 aliphatic rings. The van der Waals surface area contributed by atoms with Crippen molar-refractivity contribution < 1.29 is 14.3 Å². The van der Waals surface area contributed by atoms with Gasteiger partial charge in [-0.15, -0.1) is 0 Å². The highest BCUT2D eigenvalue weighted by Gasteiger charge is 2.25. The number of nitrogens with two attached hydrogens (primary N) is 1. The predicted octanol–water partition coefficient (Wildman–Crippen LogP) is 0.718. The van der Waals surface area contributed by atoms with Crippen molar-refractivity contribution >= 4 is 23.2 Å². The zero-order valence-electron chi connectivity index (χ0n) is 11.2. The second-order valence-electron chi connectivity index (χ2n) is 5.10. The third kappa shape index (κ3) is 2.68. The summed E-state index contributed by atoms with van der Waals surface area (Å²) in [5.74, 6) is 0.195. The Morgan fingerprint density at radius 3 is 2.79 bits per heavy atom. The lowest BCUT2D eigenvalue weighted by Crippen LogP contribution is -2.45. The molecule has 2 amide bonds. The van der Waals surface area contributed by atoms with Crippen LogP contribution in [0.5, 0.6) is 5.75 Å². The monoisotopic (exact) mass is 263 g/mol. The zero-order valence-corrected chi connectivity index (χ0v) is 11.2. The molecule has 0 saturated heterocycles. The van der Waals surface area contributed by atoms with Crippen LogP contribution in [0.3, 0.4) is 0 Å². The molecule has 0 radical (unpaired) electrons. The minimum Gasteiger partial charge on any atom is -0.482 e. The first-order valence-corrected chi connectivity index (χ1v) is 5.93. The van der Waals surface area contributed by atoms with Crippen LogP contribution in [0, 0.1) is 0 Å². The lowest BCUT2D eigenvalue weighted by molar-refractivity contribution is -0.121. The number of hydrogen-bond donors (Lipinski definition) is 2. The summed E-state index contributed by atoms with van der Waals surface area (Å²) in [6, 6.07) is 5.12. The molecule has 1 aromatic rings. The Morgan fingerprint density at radius 1 is 1.47 bits per heavy atom. The third-order valence-corrected chi connectivity index (χ3v) is 2.89. The van der Waals surface area contributed by atoms with Crippen LogP contribution >= 0.6 is 0 Å². The largest absolute Gasteiger partial charge is 0.482 e. The Labute approximate surface area is 111 Å². The van der Waals surface area contributed by atoms with Gasteiger partial charge in [0.05, 0.1) is 11.2 Å². The Morgan fingerprint density at radius 2 is 2.16 bits per heavy atom. The number of anilines is 2. The van der Waals surface area contributed by atoms with Crippen LogP contribution in [0.4, 0.5) is 11.4 Å². The fourth-order valence-electron chi connectivity index (χ4n) is 1.64. The van der Waals surface area contributed by atoms with Gasteiger partial charge in [0, 0.05) is 12.7 Å². The van der Waals surface area contributed by atoms with Gasteiger partial charge in [0.1, 0.15) is 5.75 Å². The molecule has 0 atom stereocenters. The fourth-order valence-corrected chi connectivity index (χ4v) is 1.64. The first kappa shape index (κ1) is 13.4. The summed E-state index contributed by atoms with van der Waals surface area (Å²) in [7, 11) is 1.67. The molecule has 0 fully saturated rings. The Bertz CT molecular complexity index is 534. The van der Waals surface area contributed by atoms with Crippen molar-refractivity contribution in [3.05, 3.63) is 18.2 Å². The summed E-state index contributed by atoms with van der Waals surface area (Å²) in [5.41, 5.74) is 5.95. The van der Waals surface area contributed by atoms with Gasteiger partial charge in [-0.25, -0.2) is 0 Å². The number of carbonyl (C=O) groups is 2. The van der Waals surface area contributed by atoms with E-state index in [1.807, 2.05) is 0 Å². The van der Waals surface area contributed by atoms with Crippen molar-refractivity contribution in [3.8, 4) is 5.75 Å². The van der Waals surface area contributed by atoms with Crippen LogP contribution in [0.15, 0.2) is 18.2 Å². The van der Waals surface area contributed by atoms with E-state index in [1.165, 1.54) is 4.90 Å².